The summed E-state index contributed by atoms with van der Waals surface area (Å²) in [6.07, 6.45) is 0.142. The van der Waals surface area contributed by atoms with Crippen LogP contribution in [0.2, 0.25) is 0 Å². The quantitative estimate of drug-likeness (QED) is 0.621. The molecule has 106 valence electrons. The first kappa shape index (κ1) is 14.3. The molecule has 7 heteroatoms. The van der Waals surface area contributed by atoms with E-state index in [1.807, 2.05) is 6.07 Å². The van der Waals surface area contributed by atoms with Crippen molar-refractivity contribution >= 4 is 17.5 Å². The van der Waals surface area contributed by atoms with E-state index < -0.39 is 16.7 Å². The van der Waals surface area contributed by atoms with Gasteiger partial charge in [0.25, 0.3) is 5.91 Å². The van der Waals surface area contributed by atoms with Crippen LogP contribution in [-0.2, 0) is 0 Å². The number of hydrogen-bond acceptors (Lipinski definition) is 5. The molecule has 1 heterocycles. The van der Waals surface area contributed by atoms with Gasteiger partial charge >= 0.3 is 5.88 Å². The van der Waals surface area contributed by atoms with Gasteiger partial charge in [-0.2, -0.15) is 5.26 Å². The highest BCUT2D eigenvalue weighted by atomic mass is 16.6. The molecule has 1 aromatic carbocycles. The van der Waals surface area contributed by atoms with Crippen molar-refractivity contribution in [3.05, 3.63) is 58.3 Å². The number of rotatable bonds is 5. The Labute approximate surface area is 120 Å². The van der Waals surface area contributed by atoms with Crippen LogP contribution in [0.3, 0.4) is 0 Å². The van der Waals surface area contributed by atoms with Crippen LogP contribution in [-0.4, -0.2) is 17.4 Å². The zero-order valence-electron chi connectivity index (χ0n) is 10.9. The fourth-order valence-electron chi connectivity index (χ4n) is 1.79. The number of furan rings is 1. The molecule has 0 aliphatic carbocycles. The van der Waals surface area contributed by atoms with E-state index in [9.17, 15) is 14.9 Å². The summed E-state index contributed by atoms with van der Waals surface area (Å²) in [5, 5.41) is 19.3. The summed E-state index contributed by atoms with van der Waals surface area (Å²) in [4.78, 5) is 23.6. The third kappa shape index (κ3) is 3.25. The van der Waals surface area contributed by atoms with Crippen LogP contribution < -0.4 is 4.90 Å². The molecule has 0 radical (unpaired) electrons. The van der Waals surface area contributed by atoms with E-state index in [4.69, 9.17) is 9.68 Å². The molecule has 0 saturated carbocycles. The lowest BCUT2D eigenvalue weighted by Gasteiger charge is -2.20. The lowest BCUT2D eigenvalue weighted by molar-refractivity contribution is -0.402. The normalized spacial score (nSPS) is 9.86. The molecule has 1 aromatic heterocycles. The lowest BCUT2D eigenvalue weighted by Crippen LogP contribution is -2.31. The van der Waals surface area contributed by atoms with Crippen molar-refractivity contribution in [3.63, 3.8) is 0 Å². The molecule has 2 aromatic rings. The molecule has 2 rings (SSSR count). The Bertz CT molecular complexity index is 688. The van der Waals surface area contributed by atoms with Gasteiger partial charge in [0.2, 0.25) is 0 Å². The number of amides is 1. The van der Waals surface area contributed by atoms with Crippen molar-refractivity contribution in [2.45, 2.75) is 6.42 Å². The maximum absolute atomic E-state index is 12.4. The average molecular weight is 285 g/mol. The van der Waals surface area contributed by atoms with Crippen LogP contribution in [0.1, 0.15) is 17.0 Å². The zero-order valence-corrected chi connectivity index (χ0v) is 10.9. The molecule has 0 aliphatic rings. The molecule has 0 N–H and O–H groups in total. The minimum absolute atomic E-state index is 0.136. The number of para-hydroxylation sites is 1. The number of benzene rings is 1. The molecule has 0 saturated heterocycles. The molecular weight excluding hydrogens is 274 g/mol. The minimum Gasteiger partial charge on any atom is -0.395 e. The first-order valence-electron chi connectivity index (χ1n) is 6.11. The number of hydrogen-bond donors (Lipinski definition) is 0. The standard InChI is InChI=1S/C14H11N3O4/c15-9-4-10-16(11-5-2-1-3-6-11)14(18)12-7-8-13(21-12)17(19)20/h1-3,5-8H,4,10H2. The second-order valence-electron chi connectivity index (χ2n) is 4.10. The Kier molecular flexibility index (Phi) is 4.31. The van der Waals surface area contributed by atoms with Crippen LogP contribution in [0.15, 0.2) is 46.9 Å². The number of carbonyl (C=O) groups excluding carboxylic acids is 1. The van der Waals surface area contributed by atoms with Gasteiger partial charge < -0.3 is 9.32 Å². The number of anilines is 1. The predicted octanol–water partition coefficient (Wildman–Crippen LogP) is 2.75. The maximum Gasteiger partial charge on any atom is 0.433 e. The van der Waals surface area contributed by atoms with Gasteiger partial charge in [-0.3, -0.25) is 14.9 Å². The molecule has 1 amide bonds. The highest BCUT2D eigenvalue weighted by Gasteiger charge is 2.23. The predicted molar refractivity (Wildman–Crippen MR) is 73.7 cm³/mol. The molecule has 0 spiro atoms. The Balaban J connectivity index is 2.29. The topological polar surface area (TPSA) is 100 Å². The highest BCUT2D eigenvalue weighted by molar-refractivity contribution is 6.04. The van der Waals surface area contributed by atoms with Gasteiger partial charge in [0.15, 0.2) is 5.76 Å². The Morgan fingerprint density at radius 2 is 2.00 bits per heavy atom. The van der Waals surface area contributed by atoms with E-state index in [0.29, 0.717) is 5.69 Å². The summed E-state index contributed by atoms with van der Waals surface area (Å²) in [6, 6.07) is 13.1. The fourth-order valence-corrected chi connectivity index (χ4v) is 1.79. The summed E-state index contributed by atoms with van der Waals surface area (Å²) in [5.41, 5.74) is 0.594. The minimum atomic E-state index is -0.709. The summed E-state index contributed by atoms with van der Waals surface area (Å²) in [7, 11) is 0. The molecule has 0 fully saturated rings. The van der Waals surface area contributed by atoms with Crippen molar-refractivity contribution in [2.75, 3.05) is 11.4 Å². The molecule has 0 atom stereocenters. The van der Waals surface area contributed by atoms with E-state index in [-0.39, 0.29) is 18.7 Å². The van der Waals surface area contributed by atoms with E-state index in [1.165, 1.54) is 11.0 Å². The molecule has 0 aliphatic heterocycles. The largest absolute Gasteiger partial charge is 0.433 e. The van der Waals surface area contributed by atoms with Crippen LogP contribution in [0.25, 0.3) is 0 Å². The number of nitriles is 1. The third-order valence-corrected chi connectivity index (χ3v) is 2.74. The lowest BCUT2D eigenvalue weighted by atomic mass is 10.2. The smallest absolute Gasteiger partial charge is 0.395 e. The summed E-state index contributed by atoms with van der Waals surface area (Å²) < 4.78 is 4.92. The number of carbonyl (C=O) groups is 1. The fraction of sp³-hybridized carbons (Fsp3) is 0.143. The summed E-state index contributed by atoms with van der Waals surface area (Å²) in [5.74, 6) is -1.15. The Morgan fingerprint density at radius 1 is 1.29 bits per heavy atom. The highest BCUT2D eigenvalue weighted by Crippen LogP contribution is 2.21. The summed E-state index contributed by atoms with van der Waals surface area (Å²) in [6.45, 7) is 0.174. The number of nitrogens with zero attached hydrogens (tertiary/aromatic N) is 3. The molecular formula is C14H11N3O4. The third-order valence-electron chi connectivity index (χ3n) is 2.74. The van der Waals surface area contributed by atoms with Crippen molar-refractivity contribution in [1.29, 1.82) is 5.26 Å². The molecule has 21 heavy (non-hydrogen) atoms. The van der Waals surface area contributed by atoms with Gasteiger partial charge in [0.05, 0.1) is 18.6 Å². The zero-order chi connectivity index (χ0) is 15.2. The molecule has 0 unspecified atom stereocenters. The molecule has 0 bridgehead atoms. The van der Waals surface area contributed by atoms with Crippen LogP contribution in [0.5, 0.6) is 0 Å². The van der Waals surface area contributed by atoms with Crippen LogP contribution in [0.4, 0.5) is 11.6 Å². The molecule has 7 nitrogen and oxygen atoms in total. The van der Waals surface area contributed by atoms with Crippen molar-refractivity contribution in [1.82, 2.24) is 0 Å². The first-order valence-corrected chi connectivity index (χ1v) is 6.11. The maximum atomic E-state index is 12.4. The van der Waals surface area contributed by atoms with Gasteiger partial charge in [-0.25, -0.2) is 0 Å². The van der Waals surface area contributed by atoms with Crippen molar-refractivity contribution in [3.8, 4) is 6.07 Å². The van der Waals surface area contributed by atoms with Gasteiger partial charge in [0, 0.05) is 12.2 Å². The Morgan fingerprint density at radius 3 is 2.57 bits per heavy atom. The van der Waals surface area contributed by atoms with Crippen molar-refractivity contribution in [2.24, 2.45) is 0 Å². The van der Waals surface area contributed by atoms with E-state index >= 15 is 0 Å². The Hall–Kier alpha value is -3.14. The first-order chi connectivity index (χ1) is 10.1. The monoisotopic (exact) mass is 285 g/mol. The second kappa shape index (κ2) is 6.34. The second-order valence-corrected chi connectivity index (χ2v) is 4.10. The number of nitro groups is 1. The van der Waals surface area contributed by atoms with E-state index in [1.54, 1.807) is 30.3 Å². The van der Waals surface area contributed by atoms with Gasteiger partial charge in [-0.15, -0.1) is 0 Å². The van der Waals surface area contributed by atoms with Crippen LogP contribution in [0, 0.1) is 21.4 Å². The van der Waals surface area contributed by atoms with E-state index in [2.05, 4.69) is 0 Å². The average Bonchev–Trinajstić information content (AvgIpc) is 2.98. The SMILES string of the molecule is N#CCCN(C(=O)c1ccc([N+](=O)[O-])o1)c1ccccc1. The van der Waals surface area contributed by atoms with Gasteiger partial charge in [-0.05, 0) is 18.2 Å². The van der Waals surface area contributed by atoms with Gasteiger partial charge in [-0.1, -0.05) is 18.2 Å². The van der Waals surface area contributed by atoms with Crippen molar-refractivity contribution < 1.29 is 14.1 Å². The van der Waals surface area contributed by atoms with Crippen LogP contribution >= 0.6 is 0 Å². The summed E-state index contributed by atoms with van der Waals surface area (Å²) >= 11 is 0. The van der Waals surface area contributed by atoms with Gasteiger partial charge in [0.1, 0.15) is 4.92 Å². The van der Waals surface area contributed by atoms with E-state index in [0.717, 1.165) is 6.07 Å².